The van der Waals surface area contributed by atoms with Gasteiger partial charge in [-0.3, -0.25) is 4.79 Å². The lowest BCUT2D eigenvalue weighted by atomic mass is 10.1. The molecule has 1 aromatic carbocycles. The Morgan fingerprint density at radius 2 is 1.95 bits per heavy atom. The van der Waals surface area contributed by atoms with Crippen LogP contribution in [0.25, 0.3) is 0 Å². The number of rotatable bonds is 7. The van der Waals surface area contributed by atoms with Gasteiger partial charge in [0.05, 0.1) is 24.9 Å². The number of hydrogen-bond donors (Lipinski definition) is 1. The highest BCUT2D eigenvalue weighted by atomic mass is 32.2. The zero-order chi connectivity index (χ0) is 16.9. The largest absolute Gasteiger partial charge is 0.491 e. The molecule has 124 valence electrons. The number of benzene rings is 1. The van der Waals surface area contributed by atoms with Crippen molar-refractivity contribution < 1.29 is 17.9 Å². The number of amides is 1. The molecule has 0 saturated heterocycles. The van der Waals surface area contributed by atoms with E-state index in [0.29, 0.717) is 0 Å². The van der Waals surface area contributed by atoms with Crippen LogP contribution in [0, 0.1) is 0 Å². The molecule has 1 aromatic rings. The molecule has 22 heavy (non-hydrogen) atoms. The molecule has 0 spiro atoms. The second-order valence-electron chi connectivity index (χ2n) is 5.55. The number of carbonyl (C=O) groups excluding carboxylic acids is 1. The quantitative estimate of drug-likeness (QED) is 0.824. The van der Waals surface area contributed by atoms with Crippen molar-refractivity contribution in [1.29, 1.82) is 0 Å². The van der Waals surface area contributed by atoms with Gasteiger partial charge in [0.25, 0.3) is 0 Å². The zero-order valence-electron chi connectivity index (χ0n) is 13.7. The van der Waals surface area contributed by atoms with Gasteiger partial charge in [-0.15, -0.1) is 0 Å². The van der Waals surface area contributed by atoms with Crippen LogP contribution in [0.2, 0.25) is 0 Å². The fraction of sp³-hybridized carbons (Fsp3) is 0.533. The maximum absolute atomic E-state index is 11.9. The molecule has 0 aliphatic carbocycles. The fourth-order valence-corrected chi connectivity index (χ4v) is 2.17. The Morgan fingerprint density at radius 3 is 2.50 bits per heavy atom. The molecule has 1 atom stereocenters. The summed E-state index contributed by atoms with van der Waals surface area (Å²) in [5.41, 5.74) is 0.897. The van der Waals surface area contributed by atoms with Crippen LogP contribution in [-0.4, -0.2) is 44.6 Å². The van der Waals surface area contributed by atoms with E-state index in [1.54, 1.807) is 0 Å². The third kappa shape index (κ3) is 6.03. The average Bonchev–Trinajstić information content (AvgIpc) is 2.36. The average molecular weight is 328 g/mol. The predicted molar refractivity (Wildman–Crippen MR) is 86.2 cm³/mol. The van der Waals surface area contributed by atoms with Crippen LogP contribution in [0.5, 0.6) is 5.75 Å². The number of hydrogen-bond acceptors (Lipinski definition) is 4. The van der Waals surface area contributed by atoms with E-state index in [9.17, 15) is 13.2 Å². The normalized spacial score (nSPS) is 13.2. The molecule has 0 heterocycles. The number of nitrogens with zero attached hydrogens (tertiary/aromatic N) is 1. The molecule has 1 amide bonds. The summed E-state index contributed by atoms with van der Waals surface area (Å²) in [4.78, 5) is 11.9. The van der Waals surface area contributed by atoms with Crippen molar-refractivity contribution >= 4 is 15.9 Å². The molecule has 6 nitrogen and oxygen atoms in total. The van der Waals surface area contributed by atoms with Crippen LogP contribution < -0.4 is 10.1 Å². The summed E-state index contributed by atoms with van der Waals surface area (Å²) in [6.45, 7) is 5.52. The molecule has 0 fully saturated rings. The van der Waals surface area contributed by atoms with E-state index in [2.05, 4.69) is 5.32 Å². The molecule has 0 aliphatic heterocycles. The molecular weight excluding hydrogens is 304 g/mol. The Hall–Kier alpha value is -1.60. The first-order valence-corrected chi connectivity index (χ1v) is 8.91. The number of ether oxygens (including phenoxy) is 1. The van der Waals surface area contributed by atoms with Gasteiger partial charge in [0.2, 0.25) is 15.9 Å². The van der Waals surface area contributed by atoms with Gasteiger partial charge in [-0.25, -0.2) is 8.42 Å². The second kappa shape index (κ2) is 7.60. The van der Waals surface area contributed by atoms with Crippen molar-refractivity contribution in [1.82, 2.24) is 9.62 Å². The molecule has 0 bridgehead atoms. The first-order chi connectivity index (χ1) is 10.1. The molecule has 0 aliphatic rings. The van der Waals surface area contributed by atoms with Gasteiger partial charge in [0.1, 0.15) is 5.75 Å². The highest BCUT2D eigenvalue weighted by Gasteiger charge is 2.17. The third-order valence-corrected chi connectivity index (χ3v) is 4.30. The number of likely N-dealkylation sites (N-methyl/N-ethyl adjacent to an activating group) is 1. The number of carbonyl (C=O) groups is 1. The molecule has 0 saturated carbocycles. The summed E-state index contributed by atoms with van der Waals surface area (Å²) in [5.74, 6) is 0.387. The van der Waals surface area contributed by atoms with Crippen molar-refractivity contribution in [3.05, 3.63) is 29.8 Å². The molecule has 1 N–H and O–H groups in total. The molecule has 1 unspecified atom stereocenters. The Kier molecular flexibility index (Phi) is 6.37. The van der Waals surface area contributed by atoms with Crippen molar-refractivity contribution in [3.63, 3.8) is 0 Å². The van der Waals surface area contributed by atoms with Crippen LogP contribution in [-0.2, 0) is 14.8 Å². The van der Waals surface area contributed by atoms with Crippen LogP contribution in [0.4, 0.5) is 0 Å². The Labute approximate surface area is 132 Å². The minimum atomic E-state index is -3.37. The van der Waals surface area contributed by atoms with E-state index in [1.165, 1.54) is 7.05 Å². The lowest BCUT2D eigenvalue weighted by Crippen LogP contribution is -2.38. The first-order valence-electron chi connectivity index (χ1n) is 7.07. The van der Waals surface area contributed by atoms with Gasteiger partial charge in [-0.2, -0.15) is 4.31 Å². The summed E-state index contributed by atoms with van der Waals surface area (Å²) in [5, 5.41) is 2.78. The first kappa shape index (κ1) is 18.4. The lowest BCUT2D eigenvalue weighted by molar-refractivity contribution is -0.121. The molecule has 1 rings (SSSR count). The van der Waals surface area contributed by atoms with E-state index in [0.717, 1.165) is 21.9 Å². The van der Waals surface area contributed by atoms with E-state index >= 15 is 0 Å². The van der Waals surface area contributed by atoms with Crippen LogP contribution in [0.3, 0.4) is 0 Å². The molecular formula is C15H24N2O4S. The second-order valence-corrected chi connectivity index (χ2v) is 7.64. The monoisotopic (exact) mass is 328 g/mol. The van der Waals surface area contributed by atoms with Crippen molar-refractivity contribution in [2.24, 2.45) is 0 Å². The highest BCUT2D eigenvalue weighted by Crippen LogP contribution is 2.20. The molecule has 0 radical (unpaired) electrons. The Balaban J connectivity index is 2.68. The van der Waals surface area contributed by atoms with Gasteiger partial charge in [-0.1, -0.05) is 12.1 Å². The summed E-state index contributed by atoms with van der Waals surface area (Å²) in [7, 11) is -1.99. The summed E-state index contributed by atoms with van der Waals surface area (Å²) < 4.78 is 29.2. The van der Waals surface area contributed by atoms with Crippen molar-refractivity contribution in [2.75, 3.05) is 19.8 Å². The predicted octanol–water partition coefficient (Wildman–Crippen LogP) is 1.54. The Bertz CT molecular complexity index is 614. The van der Waals surface area contributed by atoms with Gasteiger partial charge in [0, 0.05) is 7.05 Å². The maximum Gasteiger partial charge on any atom is 0.235 e. The van der Waals surface area contributed by atoms with Crippen LogP contribution >= 0.6 is 0 Å². The molecule has 0 aromatic heterocycles. The lowest BCUT2D eigenvalue weighted by Gasteiger charge is -2.19. The topological polar surface area (TPSA) is 75.7 Å². The van der Waals surface area contributed by atoms with Crippen LogP contribution in [0.1, 0.15) is 32.4 Å². The smallest absolute Gasteiger partial charge is 0.235 e. The number of sulfonamides is 1. The van der Waals surface area contributed by atoms with E-state index < -0.39 is 10.0 Å². The maximum atomic E-state index is 11.9. The van der Waals surface area contributed by atoms with E-state index in [-0.39, 0.29) is 24.6 Å². The minimum Gasteiger partial charge on any atom is -0.491 e. The summed E-state index contributed by atoms with van der Waals surface area (Å²) >= 11 is 0. The standard InChI is InChI=1S/C15H24N2O4S/c1-11(2)21-14-8-6-7-13(9-14)12(3)16-15(18)10-17(4)22(5,19)20/h6-9,11-12H,10H2,1-5H3,(H,16,18). The van der Waals surface area contributed by atoms with E-state index in [1.807, 2.05) is 45.0 Å². The Morgan fingerprint density at radius 1 is 1.32 bits per heavy atom. The fourth-order valence-electron chi connectivity index (χ4n) is 1.82. The number of nitrogens with one attached hydrogen (secondary N) is 1. The van der Waals surface area contributed by atoms with Crippen LogP contribution in [0.15, 0.2) is 24.3 Å². The van der Waals surface area contributed by atoms with Gasteiger partial charge < -0.3 is 10.1 Å². The third-order valence-electron chi connectivity index (χ3n) is 3.04. The minimum absolute atomic E-state index is 0.0727. The zero-order valence-corrected chi connectivity index (χ0v) is 14.5. The highest BCUT2D eigenvalue weighted by molar-refractivity contribution is 7.88. The van der Waals surface area contributed by atoms with Crippen molar-refractivity contribution in [3.8, 4) is 5.75 Å². The summed E-state index contributed by atoms with van der Waals surface area (Å²) in [6, 6.07) is 7.23. The molecule has 7 heteroatoms. The van der Waals surface area contributed by atoms with Gasteiger partial charge >= 0.3 is 0 Å². The van der Waals surface area contributed by atoms with Gasteiger partial charge in [-0.05, 0) is 38.5 Å². The SMILES string of the molecule is CC(C)Oc1cccc(C(C)NC(=O)CN(C)S(C)(=O)=O)c1. The summed E-state index contributed by atoms with van der Waals surface area (Å²) in [6.07, 6.45) is 1.14. The van der Waals surface area contributed by atoms with Gasteiger partial charge in [0.15, 0.2) is 0 Å². The van der Waals surface area contributed by atoms with E-state index in [4.69, 9.17) is 4.74 Å². The van der Waals surface area contributed by atoms with Crippen molar-refractivity contribution in [2.45, 2.75) is 32.9 Å².